The molecule has 2 fully saturated rings. The minimum Gasteiger partial charge on any atom is -0.337 e. The largest absolute Gasteiger partial charge is 0.337 e. The average Bonchev–Trinajstić information content (AvgIpc) is 3.46. The van der Waals surface area contributed by atoms with E-state index in [4.69, 9.17) is 0 Å². The lowest BCUT2D eigenvalue weighted by Gasteiger charge is -2.32. The highest BCUT2D eigenvalue weighted by Crippen LogP contribution is 2.30. The number of piperidine rings is 1. The number of nitrogens with one attached hydrogen (secondary N) is 1. The van der Waals surface area contributed by atoms with E-state index in [1.165, 1.54) is 21.7 Å². The van der Waals surface area contributed by atoms with Gasteiger partial charge in [-0.1, -0.05) is 0 Å². The lowest BCUT2D eigenvalue weighted by atomic mass is 9.97. The Kier molecular flexibility index (Phi) is 6.78. The van der Waals surface area contributed by atoms with Crippen molar-refractivity contribution < 1.29 is 18.0 Å². The zero-order valence-electron chi connectivity index (χ0n) is 16.2. The zero-order valence-corrected chi connectivity index (χ0v) is 19.4. The lowest BCUT2D eigenvalue weighted by Crippen LogP contribution is -2.44. The summed E-state index contributed by atoms with van der Waals surface area (Å²) in [5, 5.41) is 6.76. The first-order valence-corrected chi connectivity index (χ1v) is 14.0. The van der Waals surface area contributed by atoms with Gasteiger partial charge >= 0.3 is 0 Å². The van der Waals surface area contributed by atoms with Gasteiger partial charge in [0.05, 0.1) is 5.92 Å². The van der Waals surface area contributed by atoms with Gasteiger partial charge in [-0.25, -0.2) is 13.4 Å². The first kappa shape index (κ1) is 21.8. The summed E-state index contributed by atoms with van der Waals surface area (Å²) in [5.41, 5.74) is 0. The third kappa shape index (κ3) is 4.57. The summed E-state index contributed by atoms with van der Waals surface area (Å²) >= 11 is 4.22. The Labute approximate surface area is 187 Å². The van der Waals surface area contributed by atoms with Crippen molar-refractivity contribution in [2.45, 2.75) is 17.7 Å². The Morgan fingerprint density at radius 3 is 2.67 bits per heavy atom. The van der Waals surface area contributed by atoms with Crippen LogP contribution in [-0.2, 0) is 14.8 Å². The summed E-state index contributed by atoms with van der Waals surface area (Å²) in [7, 11) is -3.70. The van der Waals surface area contributed by atoms with E-state index < -0.39 is 10.0 Å². The molecule has 2 saturated heterocycles. The van der Waals surface area contributed by atoms with Gasteiger partial charge < -0.3 is 10.2 Å². The number of rotatable bonds is 5. The minimum absolute atomic E-state index is 0.0822. The Hall–Kier alpha value is -1.47. The standard InChI is InChI=1S/C18H22N4O4S4/c23-16(20-18-19-4-9-29-18)13-2-1-5-21(12-13)17(24)15-14(3-8-28-15)30(25,26)22-6-10-27-11-7-22/h3-4,8-9,13H,1-2,5-7,10-12H2,(H,19,20,23). The molecule has 0 aliphatic carbocycles. The normalized spacial score (nSPS) is 20.8. The molecule has 162 valence electrons. The number of likely N-dealkylation sites (tertiary alicyclic amines) is 1. The molecule has 12 heteroatoms. The number of anilines is 1. The van der Waals surface area contributed by atoms with Crippen LogP contribution in [0.5, 0.6) is 0 Å². The third-order valence-corrected chi connectivity index (χ3v) is 9.76. The van der Waals surface area contributed by atoms with Crippen LogP contribution in [0, 0.1) is 5.92 Å². The van der Waals surface area contributed by atoms with Gasteiger partial charge in [0.1, 0.15) is 9.77 Å². The fourth-order valence-corrected chi connectivity index (χ4v) is 8.06. The summed E-state index contributed by atoms with van der Waals surface area (Å²) in [6.07, 6.45) is 3.00. The van der Waals surface area contributed by atoms with Crippen molar-refractivity contribution in [3.05, 3.63) is 27.9 Å². The van der Waals surface area contributed by atoms with Crippen LogP contribution in [-0.4, -0.2) is 72.1 Å². The van der Waals surface area contributed by atoms with Gasteiger partial charge in [0.25, 0.3) is 5.91 Å². The maximum absolute atomic E-state index is 13.2. The number of amides is 2. The highest BCUT2D eigenvalue weighted by atomic mass is 32.2. The molecule has 30 heavy (non-hydrogen) atoms. The van der Waals surface area contributed by atoms with Gasteiger partial charge in [-0.05, 0) is 24.3 Å². The van der Waals surface area contributed by atoms with Crippen LogP contribution in [0.1, 0.15) is 22.5 Å². The van der Waals surface area contributed by atoms with Crippen LogP contribution < -0.4 is 5.32 Å². The second-order valence-corrected chi connectivity index (χ2v) is 12.0. The summed E-state index contributed by atoms with van der Waals surface area (Å²) in [5.74, 6) is 0.697. The van der Waals surface area contributed by atoms with Crippen LogP contribution >= 0.6 is 34.4 Å². The average molecular weight is 487 g/mol. The summed E-state index contributed by atoms with van der Waals surface area (Å²) in [6, 6.07) is 1.52. The fourth-order valence-electron chi connectivity index (χ4n) is 3.59. The van der Waals surface area contributed by atoms with Crippen molar-refractivity contribution in [1.82, 2.24) is 14.2 Å². The molecule has 0 aromatic carbocycles. The Morgan fingerprint density at radius 1 is 1.13 bits per heavy atom. The van der Waals surface area contributed by atoms with E-state index in [1.54, 1.807) is 33.6 Å². The zero-order chi connectivity index (χ0) is 21.1. The maximum Gasteiger partial charge on any atom is 0.265 e. The maximum atomic E-state index is 13.2. The molecular weight excluding hydrogens is 464 g/mol. The molecule has 2 aliphatic heterocycles. The van der Waals surface area contributed by atoms with Gasteiger partial charge in [-0.15, -0.1) is 22.7 Å². The number of thiophene rings is 1. The minimum atomic E-state index is -3.70. The number of nitrogens with zero attached hydrogens (tertiary/aromatic N) is 3. The Bertz CT molecular complexity index is 999. The highest BCUT2D eigenvalue weighted by Gasteiger charge is 2.35. The van der Waals surface area contributed by atoms with E-state index in [2.05, 4.69) is 10.3 Å². The number of carbonyl (C=O) groups excluding carboxylic acids is 2. The number of thiazole rings is 1. The molecule has 1 unspecified atom stereocenters. The number of thioether (sulfide) groups is 1. The molecule has 0 bridgehead atoms. The molecule has 2 aromatic heterocycles. The van der Waals surface area contributed by atoms with Gasteiger partial charge in [-0.3, -0.25) is 9.59 Å². The molecule has 4 rings (SSSR count). The first-order chi connectivity index (χ1) is 14.5. The van der Waals surface area contributed by atoms with E-state index in [0.717, 1.165) is 22.8 Å². The topological polar surface area (TPSA) is 99.7 Å². The Balaban J connectivity index is 1.48. The fraction of sp³-hybridized carbons (Fsp3) is 0.500. The van der Waals surface area contributed by atoms with E-state index in [0.29, 0.717) is 37.6 Å². The van der Waals surface area contributed by atoms with Gasteiger partial charge in [0.2, 0.25) is 15.9 Å². The molecule has 2 aromatic rings. The smallest absolute Gasteiger partial charge is 0.265 e. The molecule has 0 saturated carbocycles. The quantitative estimate of drug-likeness (QED) is 0.697. The molecular formula is C18H22N4O4S4. The lowest BCUT2D eigenvalue weighted by molar-refractivity contribution is -0.121. The summed E-state index contributed by atoms with van der Waals surface area (Å²) in [4.78, 5) is 31.8. The van der Waals surface area contributed by atoms with Crippen molar-refractivity contribution in [3.8, 4) is 0 Å². The van der Waals surface area contributed by atoms with Crippen molar-refractivity contribution in [3.63, 3.8) is 0 Å². The molecule has 1 atom stereocenters. The number of hydrogen-bond acceptors (Lipinski definition) is 8. The van der Waals surface area contributed by atoms with Gasteiger partial charge in [0.15, 0.2) is 5.13 Å². The van der Waals surface area contributed by atoms with E-state index >= 15 is 0 Å². The van der Waals surface area contributed by atoms with Crippen LogP contribution in [0.4, 0.5) is 5.13 Å². The highest BCUT2D eigenvalue weighted by molar-refractivity contribution is 7.99. The molecule has 1 N–H and O–H groups in total. The predicted octanol–water partition coefficient (Wildman–Crippen LogP) is 2.43. The molecule has 0 spiro atoms. The summed E-state index contributed by atoms with van der Waals surface area (Å²) in [6.45, 7) is 1.70. The number of carbonyl (C=O) groups is 2. The predicted molar refractivity (Wildman–Crippen MR) is 120 cm³/mol. The van der Waals surface area contributed by atoms with E-state index in [-0.39, 0.29) is 34.0 Å². The van der Waals surface area contributed by atoms with Crippen LogP contribution in [0.15, 0.2) is 27.9 Å². The van der Waals surface area contributed by atoms with Crippen molar-refractivity contribution in [2.75, 3.05) is 43.0 Å². The second kappa shape index (κ2) is 9.35. The van der Waals surface area contributed by atoms with Crippen LogP contribution in [0.25, 0.3) is 0 Å². The monoisotopic (exact) mass is 486 g/mol. The van der Waals surface area contributed by atoms with Crippen molar-refractivity contribution >= 4 is 61.4 Å². The van der Waals surface area contributed by atoms with E-state index in [1.807, 2.05) is 0 Å². The molecule has 2 aliphatic rings. The summed E-state index contributed by atoms with van der Waals surface area (Å²) < 4.78 is 27.6. The molecule has 8 nitrogen and oxygen atoms in total. The van der Waals surface area contributed by atoms with Gasteiger partial charge in [0, 0.05) is 49.3 Å². The van der Waals surface area contributed by atoms with E-state index in [9.17, 15) is 18.0 Å². The first-order valence-electron chi connectivity index (χ1n) is 9.62. The number of aromatic nitrogens is 1. The number of hydrogen-bond donors (Lipinski definition) is 1. The molecule has 0 radical (unpaired) electrons. The van der Waals surface area contributed by atoms with Gasteiger partial charge in [-0.2, -0.15) is 16.1 Å². The third-order valence-electron chi connectivity index (χ3n) is 5.15. The second-order valence-electron chi connectivity index (χ2n) is 7.05. The SMILES string of the molecule is O=C(Nc1nccs1)C1CCCN(C(=O)c2sccc2S(=O)(=O)N2CCSCC2)C1. The van der Waals surface area contributed by atoms with Crippen LogP contribution in [0.2, 0.25) is 0 Å². The van der Waals surface area contributed by atoms with Crippen molar-refractivity contribution in [2.24, 2.45) is 5.92 Å². The van der Waals surface area contributed by atoms with Crippen molar-refractivity contribution in [1.29, 1.82) is 0 Å². The van der Waals surface area contributed by atoms with Crippen LogP contribution in [0.3, 0.4) is 0 Å². The Morgan fingerprint density at radius 2 is 1.93 bits per heavy atom. The molecule has 4 heterocycles. The molecule has 2 amide bonds. The number of sulfonamides is 1.